The van der Waals surface area contributed by atoms with Crippen molar-refractivity contribution in [2.45, 2.75) is 32.9 Å². The SMILES string of the molecule is C.COc1ccc(C([NH-])(c2ccc(OC)cc2)[C@@H]([NH-])C(C)C)cc1.Pc1ccc2ccccc2c1-c1c(P)ccc2ccccc12.[Cl][Ru+3].c1ccc(-c2ccccc2)cc1.c1ccc(-c2ccccc2)cc1. The summed E-state index contributed by atoms with van der Waals surface area (Å²) in [5.74, 6) is 1.55. The van der Waals surface area contributed by atoms with Crippen LogP contribution >= 0.6 is 28.2 Å². The fourth-order valence-corrected chi connectivity index (χ4v) is 9.18. The van der Waals surface area contributed by atoms with Crippen LogP contribution in [-0.2, 0) is 22.9 Å². The molecular formula is C64H64ClN2O2P2Ru+. The average Bonchev–Trinajstić information content (AvgIpc) is 3.45. The first-order valence-electron chi connectivity index (χ1n) is 23.3. The Morgan fingerprint density at radius 1 is 0.417 bits per heavy atom. The molecule has 72 heavy (non-hydrogen) atoms. The van der Waals surface area contributed by atoms with E-state index in [1.54, 1.807) is 14.2 Å². The first-order valence-corrected chi connectivity index (χ1v) is 26.7. The molecule has 0 aliphatic carbocycles. The van der Waals surface area contributed by atoms with Crippen molar-refractivity contribution in [2.24, 2.45) is 5.92 Å². The van der Waals surface area contributed by atoms with Gasteiger partial charge in [0.15, 0.2) is 0 Å². The second kappa shape index (κ2) is 28.9. The molecule has 0 saturated heterocycles. The Balaban J connectivity index is 0.000000182. The van der Waals surface area contributed by atoms with Crippen LogP contribution in [-0.4, -0.2) is 20.3 Å². The van der Waals surface area contributed by atoms with E-state index in [1.165, 1.54) is 65.5 Å². The molecule has 8 heteroatoms. The Kier molecular flexibility index (Phi) is 22.8. The predicted octanol–water partition coefficient (Wildman–Crippen LogP) is 17.8. The number of halogens is 1. The quantitative estimate of drug-likeness (QED) is 0.107. The van der Waals surface area contributed by atoms with E-state index in [4.69, 9.17) is 20.9 Å². The van der Waals surface area contributed by atoms with E-state index in [1.807, 2.05) is 104 Å². The maximum Gasteiger partial charge on any atom is -0.0184 e. The van der Waals surface area contributed by atoms with Gasteiger partial charge in [0.2, 0.25) is 0 Å². The van der Waals surface area contributed by atoms with Crippen LogP contribution in [0.1, 0.15) is 32.4 Å². The van der Waals surface area contributed by atoms with Gasteiger partial charge in [-0.1, -0.05) is 262 Å². The van der Waals surface area contributed by atoms with Gasteiger partial charge in [-0.3, -0.25) is 0 Å². The Hall–Kier alpha value is -5.99. The molecule has 0 radical (unpaired) electrons. The van der Waals surface area contributed by atoms with Gasteiger partial charge in [-0.05, 0) is 89.8 Å². The maximum atomic E-state index is 9.12. The molecule has 2 unspecified atom stereocenters. The molecule has 0 bridgehead atoms. The topological polar surface area (TPSA) is 66.1 Å². The zero-order valence-electron chi connectivity index (χ0n) is 40.5. The van der Waals surface area contributed by atoms with Gasteiger partial charge < -0.3 is 20.9 Å². The van der Waals surface area contributed by atoms with Crippen molar-refractivity contribution in [3.8, 4) is 44.9 Å². The Morgan fingerprint density at radius 2 is 0.694 bits per heavy atom. The molecular weight excluding hydrogens is 1030 g/mol. The van der Waals surface area contributed by atoms with Gasteiger partial charge >= 0.3 is 27.0 Å². The Bertz CT molecular complexity index is 2860. The van der Waals surface area contributed by atoms with Gasteiger partial charge in [0.25, 0.3) is 0 Å². The molecule has 4 nitrogen and oxygen atoms in total. The summed E-state index contributed by atoms with van der Waals surface area (Å²) in [4.78, 5) is 0. The molecule has 0 aliphatic rings. The van der Waals surface area contributed by atoms with Crippen molar-refractivity contribution in [3.63, 3.8) is 0 Å². The molecule has 0 spiro atoms. The largest absolute Gasteiger partial charge is 0.0622 e. The van der Waals surface area contributed by atoms with Gasteiger partial charge in [-0.25, -0.2) is 0 Å². The van der Waals surface area contributed by atoms with E-state index in [0.29, 0.717) is 0 Å². The van der Waals surface area contributed by atoms with Crippen LogP contribution in [0.2, 0.25) is 0 Å². The van der Waals surface area contributed by atoms with Crippen LogP contribution in [0.4, 0.5) is 0 Å². The monoisotopic (exact) mass is 1090 g/mol. The summed E-state index contributed by atoms with van der Waals surface area (Å²) in [6, 6.07) is 81.8. The van der Waals surface area contributed by atoms with Crippen molar-refractivity contribution in [3.05, 3.63) is 265 Å². The number of hydrogen-bond acceptors (Lipinski definition) is 2. The summed E-state index contributed by atoms with van der Waals surface area (Å²) >= 11 is 1.82. The minimum atomic E-state index is -1.15. The number of nitrogens with one attached hydrogen (secondary N) is 2. The number of hydrogen-bond donors (Lipinski definition) is 0. The van der Waals surface area contributed by atoms with E-state index in [9.17, 15) is 0 Å². The summed E-state index contributed by atoms with van der Waals surface area (Å²) in [7, 11) is 13.6. The van der Waals surface area contributed by atoms with Crippen LogP contribution in [0.5, 0.6) is 11.5 Å². The van der Waals surface area contributed by atoms with Gasteiger partial charge in [0, 0.05) is 0 Å². The van der Waals surface area contributed by atoms with Crippen LogP contribution in [0.25, 0.3) is 66.4 Å². The minimum absolute atomic E-state index is 0. The van der Waals surface area contributed by atoms with Crippen molar-refractivity contribution < 1.29 is 26.8 Å². The number of benzene rings is 10. The van der Waals surface area contributed by atoms with Crippen LogP contribution in [0.15, 0.2) is 243 Å². The molecule has 0 aliphatic heterocycles. The van der Waals surface area contributed by atoms with Crippen molar-refractivity contribution >= 4 is 60.3 Å². The zero-order valence-corrected chi connectivity index (χ0v) is 45.3. The fraction of sp³-hybridized carbons (Fsp3) is 0.125. The standard InChI is InChI=1S/C20H16P2.C19H24N2O2.2C12H10.CH4.ClH.Ru/c21-17-11-9-13-5-1-3-7-15(13)19(17)20-16-8-4-2-6-14(16)10-12-18(20)22;1-13(2)18(20)19(21,14-5-9-16(22-3)10-6-14)15-7-11-17(23-4)12-8-15;2*1-3-7-11(8-4-1)12-9-5-2-6-10-12;;;/h1-12H,21-22H2;5-13,18,20-21H,1-4H3;2*1-10H;1H4;1H;/q;-2;;;;;+4/p-1/t;18-;;;;;/m.0...../s1. The van der Waals surface area contributed by atoms with Crippen LogP contribution in [0.3, 0.4) is 0 Å². The zero-order chi connectivity index (χ0) is 50.6. The molecule has 0 fully saturated rings. The van der Waals surface area contributed by atoms with E-state index >= 15 is 0 Å². The first-order chi connectivity index (χ1) is 34.6. The smallest absolute Gasteiger partial charge is 0.0184 e. The molecule has 0 heterocycles. The van der Waals surface area contributed by atoms with Crippen molar-refractivity contribution in [1.82, 2.24) is 0 Å². The number of fused-ring (bicyclic) bond motifs is 2. The maximum absolute atomic E-state index is 9.12. The van der Waals surface area contributed by atoms with Gasteiger partial charge in [0.05, 0.1) is 14.2 Å². The van der Waals surface area contributed by atoms with Crippen molar-refractivity contribution in [1.29, 1.82) is 0 Å². The third-order valence-electron chi connectivity index (χ3n) is 12.2. The van der Waals surface area contributed by atoms with E-state index < -0.39 is 11.6 Å². The molecule has 10 aromatic carbocycles. The van der Waals surface area contributed by atoms with Gasteiger partial charge in [-0.15, -0.1) is 24.5 Å². The third-order valence-corrected chi connectivity index (χ3v) is 13.1. The Morgan fingerprint density at radius 3 is 0.972 bits per heavy atom. The summed E-state index contributed by atoms with van der Waals surface area (Å²) in [6.45, 7) is 3.96. The normalized spacial score (nSPS) is 10.9. The van der Waals surface area contributed by atoms with E-state index in [2.05, 4.69) is 198 Å². The summed E-state index contributed by atoms with van der Waals surface area (Å²) in [5.41, 5.74) is 25.9. The third kappa shape index (κ3) is 14.6. The number of rotatable bonds is 9. The molecule has 0 amide bonds. The minimum Gasteiger partial charge on any atom is -0.0622 e. The van der Waals surface area contributed by atoms with E-state index in [0.717, 1.165) is 22.6 Å². The van der Waals surface area contributed by atoms with Crippen LogP contribution < -0.4 is 20.1 Å². The Labute approximate surface area is 447 Å². The number of ether oxygens (including phenoxy) is 2. The average molecular weight is 1090 g/mol. The molecule has 0 aromatic heterocycles. The summed E-state index contributed by atoms with van der Waals surface area (Å²) < 4.78 is 10.4. The molecule has 366 valence electrons. The second-order valence-corrected chi connectivity index (χ2v) is 18.2. The predicted molar refractivity (Wildman–Crippen MR) is 316 cm³/mol. The van der Waals surface area contributed by atoms with Crippen LogP contribution in [0, 0.1) is 5.92 Å². The van der Waals surface area contributed by atoms with E-state index in [-0.39, 0.29) is 13.3 Å². The molecule has 10 aromatic rings. The second-order valence-electron chi connectivity index (χ2n) is 17.0. The fourth-order valence-electron chi connectivity index (χ4n) is 8.39. The molecule has 0 saturated carbocycles. The van der Waals surface area contributed by atoms with Gasteiger partial charge in [-0.2, -0.15) is 0 Å². The number of methoxy groups -OCH3 is 2. The van der Waals surface area contributed by atoms with Crippen molar-refractivity contribution in [2.75, 3.05) is 14.2 Å². The molecule has 2 N–H and O–H groups in total. The van der Waals surface area contributed by atoms with Gasteiger partial charge in [0.1, 0.15) is 11.5 Å². The molecule has 3 atom stereocenters. The summed E-state index contributed by atoms with van der Waals surface area (Å²) in [5, 5.41) is 7.63. The molecule has 10 rings (SSSR count). The first kappa shape index (κ1) is 56.9. The summed E-state index contributed by atoms with van der Waals surface area (Å²) in [6.07, 6.45) is 0.